The largest absolute Gasteiger partial charge is 0.467 e. The van der Waals surface area contributed by atoms with Crippen LogP contribution in [0.15, 0.2) is 18.2 Å². The van der Waals surface area contributed by atoms with Crippen LogP contribution in [0.1, 0.15) is 32.9 Å². The zero-order valence-electron chi connectivity index (χ0n) is 12.5. The third kappa shape index (κ3) is 2.82. The van der Waals surface area contributed by atoms with Gasteiger partial charge in [0.1, 0.15) is 17.3 Å². The molecule has 1 aromatic heterocycles. The fourth-order valence-electron chi connectivity index (χ4n) is 2.62. The first-order valence-electron chi connectivity index (χ1n) is 7.01. The maximum Gasteiger partial charge on any atom is 0.268 e. The number of aromatic amines is 1. The maximum absolute atomic E-state index is 13.6. The van der Waals surface area contributed by atoms with E-state index in [4.69, 9.17) is 9.47 Å². The molecule has 2 aromatic rings. The van der Waals surface area contributed by atoms with Crippen molar-refractivity contribution in [3.8, 4) is 5.75 Å². The zero-order valence-corrected chi connectivity index (χ0v) is 12.5. The Balaban J connectivity index is 1.78. The molecule has 0 saturated carbocycles. The first-order valence-corrected chi connectivity index (χ1v) is 7.01. The summed E-state index contributed by atoms with van der Waals surface area (Å²) in [6.45, 7) is 4.39. The van der Waals surface area contributed by atoms with Crippen molar-refractivity contribution in [1.82, 2.24) is 10.3 Å². The van der Waals surface area contributed by atoms with Crippen molar-refractivity contribution in [3.63, 3.8) is 0 Å². The van der Waals surface area contributed by atoms with Crippen LogP contribution in [0.4, 0.5) is 4.39 Å². The van der Waals surface area contributed by atoms with Crippen molar-refractivity contribution < 1.29 is 18.7 Å². The number of aryl methyl sites for hydroxylation is 2. The lowest BCUT2D eigenvalue weighted by Gasteiger charge is -2.21. The van der Waals surface area contributed by atoms with E-state index >= 15 is 0 Å². The second-order valence-corrected chi connectivity index (χ2v) is 5.36. The van der Waals surface area contributed by atoms with Crippen molar-refractivity contribution in [1.29, 1.82) is 0 Å². The van der Waals surface area contributed by atoms with Gasteiger partial charge in [0.25, 0.3) is 5.91 Å². The van der Waals surface area contributed by atoms with Crippen LogP contribution < -0.4 is 10.1 Å². The lowest BCUT2D eigenvalue weighted by molar-refractivity contribution is -0.0173. The highest BCUT2D eigenvalue weighted by molar-refractivity contribution is 5.94. The Labute approximate surface area is 127 Å². The molecule has 0 fully saturated rings. The molecule has 1 amide bonds. The average Bonchev–Trinajstić information content (AvgIpc) is 2.83. The van der Waals surface area contributed by atoms with E-state index in [1.54, 1.807) is 0 Å². The molecule has 0 radical (unpaired) electrons. The smallest absolute Gasteiger partial charge is 0.268 e. The van der Waals surface area contributed by atoms with Crippen LogP contribution in [0.25, 0.3) is 0 Å². The highest BCUT2D eigenvalue weighted by Gasteiger charge is 2.18. The molecule has 1 aromatic carbocycles. The van der Waals surface area contributed by atoms with E-state index in [0.29, 0.717) is 29.2 Å². The van der Waals surface area contributed by atoms with E-state index in [1.165, 1.54) is 12.1 Å². The van der Waals surface area contributed by atoms with Gasteiger partial charge in [-0.3, -0.25) is 4.79 Å². The number of aromatic nitrogens is 1. The standard InChI is InChI=1S/C16H17FN2O3/c1-9-3-10(2)19-14(9)16(20)18-6-11-4-13(17)5-12-7-21-8-22-15(11)12/h3-5,19H,6-8H2,1-2H3,(H,18,20). The SMILES string of the molecule is Cc1cc(C)c(C(=O)NCc2cc(F)cc3c2OCOC3)[nH]1. The Hall–Kier alpha value is -2.34. The number of ether oxygens (including phenoxy) is 2. The number of carbonyl (C=O) groups excluding carboxylic acids is 1. The minimum absolute atomic E-state index is 0.133. The van der Waals surface area contributed by atoms with Crippen LogP contribution in [0.3, 0.4) is 0 Å². The normalized spacial score (nSPS) is 13.4. The molecule has 5 nitrogen and oxygen atoms in total. The second-order valence-electron chi connectivity index (χ2n) is 5.36. The van der Waals surface area contributed by atoms with E-state index in [1.807, 2.05) is 19.9 Å². The molecule has 3 rings (SSSR count). The molecule has 22 heavy (non-hydrogen) atoms. The zero-order chi connectivity index (χ0) is 15.7. The highest BCUT2D eigenvalue weighted by Crippen LogP contribution is 2.29. The predicted octanol–water partition coefficient (Wildman–Crippen LogP) is 2.57. The summed E-state index contributed by atoms with van der Waals surface area (Å²) >= 11 is 0. The number of amides is 1. The number of carbonyl (C=O) groups is 1. The van der Waals surface area contributed by atoms with Crippen LogP contribution >= 0.6 is 0 Å². The Morgan fingerprint density at radius 1 is 1.36 bits per heavy atom. The molecule has 0 spiro atoms. The molecule has 1 aliphatic heterocycles. The van der Waals surface area contributed by atoms with Gasteiger partial charge in [0, 0.05) is 23.4 Å². The Morgan fingerprint density at radius 2 is 2.18 bits per heavy atom. The van der Waals surface area contributed by atoms with Gasteiger partial charge in [0.2, 0.25) is 0 Å². The highest BCUT2D eigenvalue weighted by atomic mass is 19.1. The van der Waals surface area contributed by atoms with Gasteiger partial charge in [-0.15, -0.1) is 0 Å². The number of H-pyrrole nitrogens is 1. The molecule has 2 N–H and O–H groups in total. The number of fused-ring (bicyclic) bond motifs is 1. The van der Waals surface area contributed by atoms with Crippen LogP contribution in [-0.4, -0.2) is 17.7 Å². The molecule has 0 atom stereocenters. The third-order valence-electron chi connectivity index (χ3n) is 3.57. The number of benzene rings is 1. The summed E-state index contributed by atoms with van der Waals surface area (Å²) < 4.78 is 24.2. The summed E-state index contributed by atoms with van der Waals surface area (Å²) in [5.74, 6) is -0.00740. The van der Waals surface area contributed by atoms with Crippen molar-refractivity contribution in [3.05, 3.63) is 52.1 Å². The first kappa shape index (κ1) is 14.6. The van der Waals surface area contributed by atoms with Crippen molar-refractivity contribution in [2.45, 2.75) is 27.0 Å². The van der Waals surface area contributed by atoms with Gasteiger partial charge in [-0.05, 0) is 37.6 Å². The molecule has 2 heterocycles. The van der Waals surface area contributed by atoms with Gasteiger partial charge < -0.3 is 19.8 Å². The van der Waals surface area contributed by atoms with E-state index in [-0.39, 0.29) is 25.1 Å². The van der Waals surface area contributed by atoms with E-state index in [9.17, 15) is 9.18 Å². The topological polar surface area (TPSA) is 63.4 Å². The molecule has 0 bridgehead atoms. The van der Waals surface area contributed by atoms with Crippen LogP contribution in [-0.2, 0) is 17.9 Å². The van der Waals surface area contributed by atoms with E-state index in [0.717, 1.165) is 11.3 Å². The maximum atomic E-state index is 13.6. The van der Waals surface area contributed by atoms with Gasteiger partial charge in [-0.2, -0.15) is 0 Å². The lowest BCUT2D eigenvalue weighted by Crippen LogP contribution is -2.25. The second kappa shape index (κ2) is 5.81. The van der Waals surface area contributed by atoms with E-state index in [2.05, 4.69) is 10.3 Å². The summed E-state index contributed by atoms with van der Waals surface area (Å²) in [5.41, 5.74) is 3.58. The fourth-order valence-corrected chi connectivity index (χ4v) is 2.62. The predicted molar refractivity (Wildman–Crippen MR) is 78.1 cm³/mol. The van der Waals surface area contributed by atoms with Crippen molar-refractivity contribution in [2.75, 3.05) is 6.79 Å². The lowest BCUT2D eigenvalue weighted by atomic mass is 10.1. The number of hydrogen-bond donors (Lipinski definition) is 2. The molecule has 6 heteroatoms. The Bertz CT molecular complexity index is 724. The van der Waals surface area contributed by atoms with Crippen molar-refractivity contribution in [2.24, 2.45) is 0 Å². The third-order valence-corrected chi connectivity index (χ3v) is 3.57. The van der Waals surface area contributed by atoms with Crippen LogP contribution in [0, 0.1) is 19.7 Å². The minimum Gasteiger partial charge on any atom is -0.467 e. The van der Waals surface area contributed by atoms with Gasteiger partial charge in [-0.25, -0.2) is 4.39 Å². The Morgan fingerprint density at radius 3 is 2.91 bits per heavy atom. The summed E-state index contributed by atoms with van der Waals surface area (Å²) in [6.07, 6.45) is 0. The van der Waals surface area contributed by atoms with Gasteiger partial charge in [-0.1, -0.05) is 0 Å². The molecule has 0 saturated heterocycles. The minimum atomic E-state index is -0.371. The quantitative estimate of drug-likeness (QED) is 0.916. The molecular formula is C16H17FN2O3. The number of hydrogen-bond acceptors (Lipinski definition) is 3. The molecule has 0 unspecified atom stereocenters. The van der Waals surface area contributed by atoms with Crippen LogP contribution in [0.5, 0.6) is 5.75 Å². The number of halogens is 1. The van der Waals surface area contributed by atoms with E-state index < -0.39 is 0 Å². The van der Waals surface area contributed by atoms with Gasteiger partial charge in [0.05, 0.1) is 6.61 Å². The molecular weight excluding hydrogens is 287 g/mol. The van der Waals surface area contributed by atoms with Crippen LogP contribution in [0.2, 0.25) is 0 Å². The number of nitrogens with one attached hydrogen (secondary N) is 2. The van der Waals surface area contributed by atoms with Crippen molar-refractivity contribution >= 4 is 5.91 Å². The molecule has 116 valence electrons. The van der Waals surface area contributed by atoms with Gasteiger partial charge in [0.15, 0.2) is 6.79 Å². The summed E-state index contributed by atoms with van der Waals surface area (Å²) in [6, 6.07) is 4.66. The summed E-state index contributed by atoms with van der Waals surface area (Å²) in [7, 11) is 0. The molecule has 1 aliphatic rings. The number of rotatable bonds is 3. The first-order chi connectivity index (χ1) is 10.5. The molecule has 0 aliphatic carbocycles. The Kier molecular flexibility index (Phi) is 3.85. The summed E-state index contributed by atoms with van der Waals surface area (Å²) in [5, 5.41) is 2.79. The fraction of sp³-hybridized carbons (Fsp3) is 0.312. The summed E-state index contributed by atoms with van der Waals surface area (Å²) in [4.78, 5) is 15.2. The van der Waals surface area contributed by atoms with Gasteiger partial charge >= 0.3 is 0 Å². The monoisotopic (exact) mass is 304 g/mol. The average molecular weight is 304 g/mol.